The second-order valence-corrected chi connectivity index (χ2v) is 4.12. The number of hydrogen-bond donors (Lipinski definition) is 2. The van der Waals surface area contributed by atoms with E-state index in [-0.39, 0.29) is 11.7 Å². The van der Waals surface area contributed by atoms with Crippen molar-refractivity contribution in [1.82, 2.24) is 0 Å². The summed E-state index contributed by atoms with van der Waals surface area (Å²) >= 11 is 5.78. The average Bonchev–Trinajstić information content (AvgIpc) is 2.18. The van der Waals surface area contributed by atoms with E-state index in [1.165, 1.54) is 12.1 Å². The van der Waals surface area contributed by atoms with Crippen LogP contribution in [0.4, 0.5) is 4.39 Å². The molecule has 2 nitrogen and oxygen atoms in total. The third kappa shape index (κ3) is 3.45. The lowest BCUT2D eigenvalue weighted by Crippen LogP contribution is -2.18. The van der Waals surface area contributed by atoms with Crippen molar-refractivity contribution in [3.63, 3.8) is 0 Å². The fourth-order valence-electron chi connectivity index (χ4n) is 1.59. The number of hydrogen-bond acceptors (Lipinski definition) is 2. The van der Waals surface area contributed by atoms with Gasteiger partial charge in [0.1, 0.15) is 5.82 Å². The molecule has 3 N–H and O–H groups in total. The second-order valence-electron chi connectivity index (χ2n) is 3.68. The Morgan fingerprint density at radius 1 is 1.53 bits per heavy atom. The highest BCUT2D eigenvalue weighted by Crippen LogP contribution is 2.25. The first kappa shape index (κ1) is 12.4. The molecule has 0 radical (unpaired) electrons. The first-order chi connectivity index (χ1) is 7.04. The smallest absolute Gasteiger partial charge is 0.126 e. The zero-order chi connectivity index (χ0) is 11.4. The molecule has 1 aromatic rings. The molecule has 1 aromatic carbocycles. The van der Waals surface area contributed by atoms with Gasteiger partial charge >= 0.3 is 0 Å². The molecule has 2 atom stereocenters. The van der Waals surface area contributed by atoms with E-state index in [1.807, 2.05) is 0 Å². The van der Waals surface area contributed by atoms with Crippen molar-refractivity contribution in [2.24, 2.45) is 5.73 Å². The summed E-state index contributed by atoms with van der Waals surface area (Å²) in [5.41, 5.74) is 6.03. The molecule has 0 heterocycles. The Kier molecular flexibility index (Phi) is 4.51. The second kappa shape index (κ2) is 5.45. The maximum absolute atomic E-state index is 13.5. The Hall–Kier alpha value is -0.640. The molecule has 0 spiro atoms. The van der Waals surface area contributed by atoms with Gasteiger partial charge in [-0.1, -0.05) is 11.6 Å². The normalized spacial score (nSPS) is 15.0. The zero-order valence-electron chi connectivity index (χ0n) is 8.58. The molecule has 0 fully saturated rings. The van der Waals surface area contributed by atoms with Crippen molar-refractivity contribution in [3.05, 3.63) is 34.6 Å². The van der Waals surface area contributed by atoms with Crippen LogP contribution in [0.1, 0.15) is 24.8 Å². The van der Waals surface area contributed by atoms with Gasteiger partial charge in [-0.2, -0.15) is 0 Å². The van der Waals surface area contributed by atoms with E-state index in [2.05, 4.69) is 0 Å². The monoisotopic (exact) mass is 231 g/mol. The van der Waals surface area contributed by atoms with E-state index < -0.39 is 6.10 Å². The van der Waals surface area contributed by atoms with Gasteiger partial charge in [0.25, 0.3) is 0 Å². The van der Waals surface area contributed by atoms with Crippen molar-refractivity contribution in [2.45, 2.75) is 25.4 Å². The maximum Gasteiger partial charge on any atom is 0.126 e. The van der Waals surface area contributed by atoms with Crippen molar-refractivity contribution in [2.75, 3.05) is 6.54 Å². The highest BCUT2D eigenvalue weighted by molar-refractivity contribution is 6.30. The Labute approximate surface area is 93.9 Å². The van der Waals surface area contributed by atoms with Crippen LogP contribution in [-0.4, -0.2) is 17.8 Å². The maximum atomic E-state index is 13.5. The van der Waals surface area contributed by atoms with Crippen molar-refractivity contribution >= 4 is 11.6 Å². The predicted octanol–water partition coefficient (Wildman–Crippen LogP) is 2.29. The largest absolute Gasteiger partial charge is 0.393 e. The Balaban J connectivity index is 2.95. The molecule has 2 unspecified atom stereocenters. The highest BCUT2D eigenvalue weighted by atomic mass is 35.5. The highest BCUT2D eigenvalue weighted by Gasteiger charge is 2.16. The van der Waals surface area contributed by atoms with E-state index in [4.69, 9.17) is 17.3 Å². The summed E-state index contributed by atoms with van der Waals surface area (Å²) in [5.74, 6) is -0.515. The number of halogens is 2. The molecule has 15 heavy (non-hydrogen) atoms. The first-order valence-electron chi connectivity index (χ1n) is 4.87. The minimum Gasteiger partial charge on any atom is -0.393 e. The number of nitrogens with two attached hydrogens (primary N) is 1. The molecule has 0 amide bonds. The van der Waals surface area contributed by atoms with Crippen LogP contribution in [0.2, 0.25) is 5.02 Å². The summed E-state index contributed by atoms with van der Waals surface area (Å²) in [5, 5.41) is 9.75. The summed E-state index contributed by atoms with van der Waals surface area (Å²) < 4.78 is 13.5. The van der Waals surface area contributed by atoms with Gasteiger partial charge in [0.15, 0.2) is 0 Å². The zero-order valence-corrected chi connectivity index (χ0v) is 9.34. The quantitative estimate of drug-likeness (QED) is 0.835. The standard InChI is InChI=1S/C11H15ClFNO/c1-7(15)4-8(6-14)10-5-9(12)2-3-11(10)13/h2-3,5,7-8,15H,4,6,14H2,1H3. The third-order valence-corrected chi connectivity index (χ3v) is 2.54. The van der Waals surface area contributed by atoms with Gasteiger partial charge in [-0.05, 0) is 43.7 Å². The molecule has 0 aliphatic carbocycles. The van der Waals surface area contributed by atoms with Crippen molar-refractivity contribution in [1.29, 1.82) is 0 Å². The van der Waals surface area contributed by atoms with Crippen LogP contribution >= 0.6 is 11.6 Å². The van der Waals surface area contributed by atoms with Gasteiger partial charge in [-0.15, -0.1) is 0 Å². The van der Waals surface area contributed by atoms with Crippen molar-refractivity contribution in [3.8, 4) is 0 Å². The Morgan fingerprint density at radius 3 is 2.73 bits per heavy atom. The number of benzene rings is 1. The van der Waals surface area contributed by atoms with Crippen LogP contribution in [-0.2, 0) is 0 Å². The topological polar surface area (TPSA) is 46.2 Å². The van der Waals surface area contributed by atoms with Crippen LogP contribution in [0.5, 0.6) is 0 Å². The van der Waals surface area contributed by atoms with E-state index in [1.54, 1.807) is 13.0 Å². The SMILES string of the molecule is CC(O)CC(CN)c1cc(Cl)ccc1F. The van der Waals surface area contributed by atoms with Gasteiger partial charge in [0, 0.05) is 10.9 Å². The van der Waals surface area contributed by atoms with E-state index in [9.17, 15) is 9.50 Å². The molecular weight excluding hydrogens is 217 g/mol. The summed E-state index contributed by atoms with van der Waals surface area (Å²) in [6.07, 6.45) is -0.0646. The molecule has 0 saturated carbocycles. The van der Waals surface area contributed by atoms with Gasteiger partial charge in [-0.3, -0.25) is 0 Å². The van der Waals surface area contributed by atoms with Crippen molar-refractivity contribution < 1.29 is 9.50 Å². The molecule has 0 aromatic heterocycles. The fraction of sp³-hybridized carbons (Fsp3) is 0.455. The van der Waals surface area contributed by atoms with Crippen LogP contribution in [0, 0.1) is 5.82 Å². The molecule has 1 rings (SSSR count). The molecule has 0 aliphatic heterocycles. The minimum absolute atomic E-state index is 0.191. The lowest BCUT2D eigenvalue weighted by Gasteiger charge is -2.17. The molecule has 0 saturated heterocycles. The van der Waals surface area contributed by atoms with E-state index >= 15 is 0 Å². The molecule has 0 aliphatic rings. The molecule has 0 bridgehead atoms. The first-order valence-corrected chi connectivity index (χ1v) is 5.25. The lowest BCUT2D eigenvalue weighted by molar-refractivity contribution is 0.174. The molecular formula is C11H15ClFNO. The number of rotatable bonds is 4. The predicted molar refractivity (Wildman–Crippen MR) is 59.5 cm³/mol. The van der Waals surface area contributed by atoms with Crippen LogP contribution in [0.3, 0.4) is 0 Å². The number of aliphatic hydroxyl groups excluding tert-OH is 1. The van der Waals surface area contributed by atoms with Gasteiger partial charge in [0.2, 0.25) is 0 Å². The minimum atomic E-state index is -0.503. The molecule has 4 heteroatoms. The lowest BCUT2D eigenvalue weighted by atomic mass is 9.93. The Morgan fingerprint density at radius 2 is 2.20 bits per heavy atom. The van der Waals surface area contributed by atoms with Gasteiger partial charge in [-0.25, -0.2) is 4.39 Å². The summed E-state index contributed by atoms with van der Waals surface area (Å²) in [7, 11) is 0. The van der Waals surface area contributed by atoms with Gasteiger partial charge in [0.05, 0.1) is 6.10 Å². The van der Waals surface area contributed by atoms with E-state index in [0.29, 0.717) is 23.6 Å². The Bertz CT molecular complexity index is 330. The summed E-state index contributed by atoms with van der Waals surface area (Å²) in [6, 6.07) is 4.38. The number of aliphatic hydroxyl groups is 1. The summed E-state index contributed by atoms with van der Waals surface area (Å²) in [6.45, 7) is 1.95. The third-order valence-electron chi connectivity index (χ3n) is 2.31. The van der Waals surface area contributed by atoms with Crippen LogP contribution < -0.4 is 5.73 Å². The average molecular weight is 232 g/mol. The van der Waals surface area contributed by atoms with Crippen LogP contribution in [0.15, 0.2) is 18.2 Å². The van der Waals surface area contributed by atoms with Crippen LogP contribution in [0.25, 0.3) is 0 Å². The summed E-state index contributed by atoms with van der Waals surface area (Å²) in [4.78, 5) is 0. The van der Waals surface area contributed by atoms with Gasteiger partial charge < -0.3 is 10.8 Å². The fourth-order valence-corrected chi connectivity index (χ4v) is 1.77. The van der Waals surface area contributed by atoms with E-state index in [0.717, 1.165) is 0 Å². The molecule has 84 valence electrons.